The summed E-state index contributed by atoms with van der Waals surface area (Å²) in [4.78, 5) is 14.2. The van der Waals surface area contributed by atoms with Crippen molar-refractivity contribution in [2.24, 2.45) is 0 Å². The lowest BCUT2D eigenvalue weighted by molar-refractivity contribution is -0.137. The molecule has 0 bridgehead atoms. The van der Waals surface area contributed by atoms with Crippen LogP contribution in [0.1, 0.15) is 5.82 Å². The summed E-state index contributed by atoms with van der Waals surface area (Å²) < 4.78 is 2.23. The van der Waals surface area contributed by atoms with Gasteiger partial charge in [0, 0.05) is 6.20 Å². The first kappa shape index (κ1) is 11.4. The third-order valence-corrected chi connectivity index (χ3v) is 1.63. The third kappa shape index (κ3) is 2.83. The molecule has 0 aliphatic rings. The zero-order valence-corrected chi connectivity index (χ0v) is 8.72. The van der Waals surface area contributed by atoms with Gasteiger partial charge < -0.3 is 9.67 Å². The number of halogens is 2. The first-order valence-corrected chi connectivity index (χ1v) is 3.80. The van der Waals surface area contributed by atoms with E-state index in [-0.39, 0.29) is 19.0 Å². The van der Waals surface area contributed by atoms with Gasteiger partial charge in [-0.25, -0.2) is 4.98 Å². The molecule has 12 heavy (non-hydrogen) atoms. The van der Waals surface area contributed by atoms with E-state index in [4.69, 9.17) is 5.11 Å². The molecule has 4 nitrogen and oxygen atoms in total. The molecular formula is C6H8BrClN2O2. The molecule has 1 N–H and O–H groups in total. The first-order valence-electron chi connectivity index (χ1n) is 3.00. The topological polar surface area (TPSA) is 55.1 Å². The lowest BCUT2D eigenvalue weighted by Gasteiger charge is -1.97. The van der Waals surface area contributed by atoms with Crippen LogP contribution in [0.2, 0.25) is 0 Å². The molecule has 0 aliphatic heterocycles. The van der Waals surface area contributed by atoms with Crippen LogP contribution >= 0.6 is 28.3 Å². The Hall–Kier alpha value is -0.550. The third-order valence-electron chi connectivity index (χ3n) is 1.25. The van der Waals surface area contributed by atoms with Crippen LogP contribution in [-0.2, 0) is 11.3 Å². The quantitative estimate of drug-likeness (QED) is 0.870. The lowest BCUT2D eigenvalue weighted by atomic mass is 10.6. The van der Waals surface area contributed by atoms with Crippen molar-refractivity contribution in [3.8, 4) is 0 Å². The second-order valence-electron chi connectivity index (χ2n) is 2.13. The van der Waals surface area contributed by atoms with E-state index in [9.17, 15) is 4.79 Å². The van der Waals surface area contributed by atoms with Gasteiger partial charge in [-0.3, -0.25) is 4.79 Å². The lowest BCUT2D eigenvalue weighted by Crippen LogP contribution is -2.08. The molecule has 1 heterocycles. The summed E-state index contributed by atoms with van der Waals surface area (Å²) >= 11 is 3.15. The van der Waals surface area contributed by atoms with E-state index in [2.05, 4.69) is 20.9 Å². The standard InChI is InChI=1S/C6H7BrN2O2.ClH/c1-4-8-5(7)2-9(4)3-6(10)11;/h2H,3H2,1H3,(H,10,11);1H. The van der Waals surface area contributed by atoms with E-state index in [0.29, 0.717) is 10.4 Å². The monoisotopic (exact) mass is 254 g/mol. The van der Waals surface area contributed by atoms with Gasteiger partial charge in [0.2, 0.25) is 0 Å². The molecule has 1 rings (SSSR count). The van der Waals surface area contributed by atoms with Crippen LogP contribution in [0.15, 0.2) is 10.8 Å². The SMILES string of the molecule is Cc1nc(Br)cn1CC(=O)O.Cl. The van der Waals surface area contributed by atoms with Crippen LogP contribution in [0.4, 0.5) is 0 Å². The Balaban J connectivity index is 0.00000121. The summed E-state index contributed by atoms with van der Waals surface area (Å²) in [5.74, 6) is -0.169. The Morgan fingerprint density at radius 3 is 2.75 bits per heavy atom. The Labute approximate surface area is 84.1 Å². The molecule has 0 radical (unpaired) electrons. The second-order valence-corrected chi connectivity index (χ2v) is 2.94. The highest BCUT2D eigenvalue weighted by atomic mass is 79.9. The Kier molecular flexibility index (Phi) is 4.26. The summed E-state index contributed by atoms with van der Waals surface area (Å²) in [5, 5.41) is 8.44. The van der Waals surface area contributed by atoms with E-state index in [1.54, 1.807) is 17.7 Å². The van der Waals surface area contributed by atoms with Gasteiger partial charge in [-0.1, -0.05) is 0 Å². The maximum Gasteiger partial charge on any atom is 0.323 e. The molecule has 1 aromatic rings. The number of aliphatic carboxylic acids is 1. The number of imidazole rings is 1. The van der Waals surface area contributed by atoms with E-state index >= 15 is 0 Å². The molecule has 0 aromatic carbocycles. The molecule has 0 amide bonds. The van der Waals surface area contributed by atoms with E-state index in [1.807, 2.05) is 0 Å². The van der Waals surface area contributed by atoms with Crippen molar-refractivity contribution in [3.05, 3.63) is 16.6 Å². The number of carboxylic acids is 1. The molecule has 1 aromatic heterocycles. The van der Waals surface area contributed by atoms with Gasteiger partial charge in [0.05, 0.1) is 0 Å². The fourth-order valence-electron chi connectivity index (χ4n) is 0.775. The molecule has 0 saturated heterocycles. The van der Waals surface area contributed by atoms with Crippen LogP contribution in [0, 0.1) is 6.92 Å². The summed E-state index contributed by atoms with van der Waals surface area (Å²) in [5.41, 5.74) is 0. The number of carboxylic acid groups (broad SMARTS) is 1. The van der Waals surface area contributed by atoms with E-state index in [1.165, 1.54) is 0 Å². The van der Waals surface area contributed by atoms with Crippen LogP contribution in [0.3, 0.4) is 0 Å². The van der Waals surface area contributed by atoms with Crippen LogP contribution < -0.4 is 0 Å². The Morgan fingerprint density at radius 2 is 2.42 bits per heavy atom. The van der Waals surface area contributed by atoms with Crippen molar-refractivity contribution in [2.75, 3.05) is 0 Å². The smallest absolute Gasteiger partial charge is 0.323 e. The zero-order chi connectivity index (χ0) is 8.43. The number of aryl methyl sites for hydroxylation is 1. The Morgan fingerprint density at radius 1 is 1.83 bits per heavy atom. The number of aromatic nitrogens is 2. The van der Waals surface area contributed by atoms with Crippen molar-refractivity contribution in [1.82, 2.24) is 9.55 Å². The summed E-state index contributed by atoms with van der Waals surface area (Å²) in [6, 6.07) is 0. The molecular weight excluding hydrogens is 247 g/mol. The maximum absolute atomic E-state index is 10.3. The van der Waals surface area contributed by atoms with Crippen molar-refractivity contribution in [2.45, 2.75) is 13.5 Å². The maximum atomic E-state index is 10.3. The number of hydrogen-bond donors (Lipinski definition) is 1. The number of rotatable bonds is 2. The highest BCUT2D eigenvalue weighted by Gasteiger charge is 2.04. The zero-order valence-electron chi connectivity index (χ0n) is 6.32. The minimum Gasteiger partial charge on any atom is -0.480 e. The normalized spacial score (nSPS) is 9.17. The van der Waals surface area contributed by atoms with Crippen molar-refractivity contribution in [1.29, 1.82) is 0 Å². The highest BCUT2D eigenvalue weighted by Crippen LogP contribution is 2.08. The Bertz CT molecular complexity index is 287. The van der Waals surface area contributed by atoms with Crippen LogP contribution in [0.5, 0.6) is 0 Å². The molecule has 0 spiro atoms. The van der Waals surface area contributed by atoms with Gasteiger partial charge in [0.1, 0.15) is 17.0 Å². The summed E-state index contributed by atoms with van der Waals surface area (Å²) in [6.07, 6.45) is 1.64. The van der Waals surface area contributed by atoms with Crippen molar-refractivity contribution in [3.63, 3.8) is 0 Å². The fourth-order valence-corrected chi connectivity index (χ4v) is 1.28. The van der Waals surface area contributed by atoms with Crippen LogP contribution in [-0.4, -0.2) is 20.6 Å². The van der Waals surface area contributed by atoms with Gasteiger partial charge in [-0.15, -0.1) is 12.4 Å². The van der Waals surface area contributed by atoms with Crippen LogP contribution in [0.25, 0.3) is 0 Å². The largest absolute Gasteiger partial charge is 0.480 e. The summed E-state index contributed by atoms with van der Waals surface area (Å²) in [6.45, 7) is 1.72. The van der Waals surface area contributed by atoms with E-state index in [0.717, 1.165) is 0 Å². The molecule has 0 aliphatic carbocycles. The van der Waals surface area contributed by atoms with Crippen molar-refractivity contribution < 1.29 is 9.90 Å². The summed E-state index contributed by atoms with van der Waals surface area (Å²) in [7, 11) is 0. The molecule has 0 unspecified atom stereocenters. The minimum atomic E-state index is -0.863. The molecule has 6 heteroatoms. The highest BCUT2D eigenvalue weighted by molar-refractivity contribution is 9.10. The molecule has 0 fully saturated rings. The van der Waals surface area contributed by atoms with Gasteiger partial charge in [0.25, 0.3) is 0 Å². The average Bonchev–Trinajstić information content (AvgIpc) is 2.09. The fraction of sp³-hybridized carbons (Fsp3) is 0.333. The van der Waals surface area contributed by atoms with Gasteiger partial charge in [-0.05, 0) is 22.9 Å². The number of nitrogens with zero attached hydrogens (tertiary/aromatic N) is 2. The number of carbonyl (C=O) groups is 1. The second kappa shape index (κ2) is 4.47. The van der Waals surface area contributed by atoms with Gasteiger partial charge >= 0.3 is 5.97 Å². The van der Waals surface area contributed by atoms with E-state index < -0.39 is 5.97 Å². The van der Waals surface area contributed by atoms with Gasteiger partial charge in [0.15, 0.2) is 0 Å². The number of hydrogen-bond acceptors (Lipinski definition) is 2. The minimum absolute atomic E-state index is 0. The molecule has 0 saturated carbocycles. The van der Waals surface area contributed by atoms with Gasteiger partial charge in [-0.2, -0.15) is 0 Å². The average molecular weight is 255 g/mol. The van der Waals surface area contributed by atoms with Crippen molar-refractivity contribution >= 4 is 34.3 Å². The molecule has 68 valence electrons. The first-order chi connectivity index (χ1) is 5.09. The predicted octanol–water partition coefficient (Wildman–Crippen LogP) is 1.46. The molecule has 0 atom stereocenters. The predicted molar refractivity (Wildman–Crippen MR) is 49.5 cm³/mol.